The zero-order valence-electron chi connectivity index (χ0n) is 18.6. The van der Waals surface area contributed by atoms with Crippen LogP contribution < -0.4 is 14.8 Å². The lowest BCUT2D eigenvalue weighted by molar-refractivity contribution is 0.136. The lowest BCUT2D eigenvalue weighted by atomic mass is 10.0. The van der Waals surface area contributed by atoms with Crippen molar-refractivity contribution >= 4 is 22.7 Å². The molecule has 33 heavy (non-hydrogen) atoms. The van der Waals surface area contributed by atoms with E-state index in [9.17, 15) is 0 Å². The molecule has 2 aliphatic rings. The molecule has 0 unspecified atom stereocenters. The number of nitrogens with zero attached hydrogens (tertiary/aromatic N) is 7. The van der Waals surface area contributed by atoms with Crippen molar-refractivity contribution in [3.63, 3.8) is 0 Å². The molecule has 4 aromatic heterocycles. The first-order chi connectivity index (χ1) is 16.0. The topological polar surface area (TPSA) is 114 Å². The third-order valence-corrected chi connectivity index (χ3v) is 6.37. The van der Waals surface area contributed by atoms with Crippen LogP contribution in [0.1, 0.15) is 12.8 Å². The Morgan fingerprint density at radius 1 is 1.18 bits per heavy atom. The van der Waals surface area contributed by atoms with Crippen molar-refractivity contribution in [3.8, 4) is 23.1 Å². The number of aryl methyl sites for hydroxylation is 2. The Balaban J connectivity index is 1.33. The Kier molecular flexibility index (Phi) is 4.47. The largest absolute Gasteiger partial charge is 0.486 e. The van der Waals surface area contributed by atoms with Gasteiger partial charge in [0.25, 0.3) is 0 Å². The molecule has 1 spiro atoms. The molecule has 1 atom stereocenters. The first kappa shape index (κ1) is 19.9. The SMILES string of the molecule is COc1ccnc(-c2cc(Nc3cc(O[C@@H]4COCC45CC5)c4cnn(C)c4n3)n(C)n2)n1. The Morgan fingerprint density at radius 2 is 2.06 bits per heavy atom. The summed E-state index contributed by atoms with van der Waals surface area (Å²) in [6, 6.07) is 5.48. The average Bonchev–Trinajstić information content (AvgIpc) is 3.16. The number of aromatic nitrogens is 7. The molecule has 1 saturated carbocycles. The van der Waals surface area contributed by atoms with Gasteiger partial charge in [0.15, 0.2) is 11.5 Å². The van der Waals surface area contributed by atoms with Gasteiger partial charge >= 0.3 is 0 Å². The Morgan fingerprint density at radius 3 is 2.88 bits per heavy atom. The van der Waals surface area contributed by atoms with Crippen molar-refractivity contribution in [2.75, 3.05) is 25.6 Å². The van der Waals surface area contributed by atoms with Gasteiger partial charge < -0.3 is 19.5 Å². The first-order valence-electron chi connectivity index (χ1n) is 10.8. The number of ether oxygens (including phenoxy) is 3. The summed E-state index contributed by atoms with van der Waals surface area (Å²) in [4.78, 5) is 13.4. The van der Waals surface area contributed by atoms with E-state index >= 15 is 0 Å². The molecular formula is C22H24N8O3. The molecule has 1 aliphatic carbocycles. The van der Waals surface area contributed by atoms with Crippen molar-refractivity contribution < 1.29 is 14.2 Å². The minimum atomic E-state index is 0.0460. The summed E-state index contributed by atoms with van der Waals surface area (Å²) >= 11 is 0. The van der Waals surface area contributed by atoms with Crippen LogP contribution >= 0.6 is 0 Å². The number of anilines is 2. The second-order valence-electron chi connectivity index (χ2n) is 8.58. The molecule has 0 aromatic carbocycles. The highest BCUT2D eigenvalue weighted by atomic mass is 16.5. The summed E-state index contributed by atoms with van der Waals surface area (Å²) in [6.45, 7) is 1.38. The van der Waals surface area contributed by atoms with Gasteiger partial charge in [0.2, 0.25) is 5.88 Å². The fourth-order valence-electron chi connectivity index (χ4n) is 4.23. The Bertz CT molecular complexity index is 1340. The van der Waals surface area contributed by atoms with Crippen LogP contribution in [0.5, 0.6) is 11.6 Å². The van der Waals surface area contributed by atoms with Crippen molar-refractivity contribution in [3.05, 3.63) is 30.6 Å². The van der Waals surface area contributed by atoms with Crippen LogP contribution in [0.3, 0.4) is 0 Å². The zero-order chi connectivity index (χ0) is 22.6. The molecule has 11 nitrogen and oxygen atoms in total. The monoisotopic (exact) mass is 448 g/mol. The maximum atomic E-state index is 6.47. The van der Waals surface area contributed by atoms with E-state index < -0.39 is 0 Å². The summed E-state index contributed by atoms with van der Waals surface area (Å²) in [5.41, 5.74) is 1.52. The van der Waals surface area contributed by atoms with E-state index in [0.29, 0.717) is 29.8 Å². The van der Waals surface area contributed by atoms with Crippen LogP contribution in [0.4, 0.5) is 11.6 Å². The number of nitrogens with one attached hydrogen (secondary N) is 1. The molecule has 0 bridgehead atoms. The number of hydrogen-bond acceptors (Lipinski definition) is 9. The molecule has 170 valence electrons. The van der Waals surface area contributed by atoms with Gasteiger partial charge in [-0.15, -0.1) is 0 Å². The molecule has 2 fully saturated rings. The molecule has 1 N–H and O–H groups in total. The quantitative estimate of drug-likeness (QED) is 0.475. The predicted molar refractivity (Wildman–Crippen MR) is 119 cm³/mol. The van der Waals surface area contributed by atoms with E-state index in [-0.39, 0.29) is 11.5 Å². The van der Waals surface area contributed by atoms with E-state index in [1.807, 2.05) is 26.2 Å². The van der Waals surface area contributed by atoms with Crippen LogP contribution in [0, 0.1) is 5.41 Å². The van der Waals surface area contributed by atoms with E-state index in [2.05, 4.69) is 25.5 Å². The summed E-state index contributed by atoms with van der Waals surface area (Å²) in [5.74, 6) is 3.07. The van der Waals surface area contributed by atoms with Crippen LogP contribution in [0.25, 0.3) is 22.6 Å². The average molecular weight is 448 g/mol. The maximum absolute atomic E-state index is 6.47. The van der Waals surface area contributed by atoms with E-state index in [1.54, 1.807) is 34.9 Å². The van der Waals surface area contributed by atoms with Gasteiger partial charge in [-0.05, 0) is 12.8 Å². The fourth-order valence-corrected chi connectivity index (χ4v) is 4.23. The standard InChI is InChI=1S/C22H24N8O3/c1-29-18(8-14(28-29)20-23-7-4-19(27-20)31-3)25-17-9-15(13-10-24-30(2)21(13)26-17)33-16-11-32-12-22(16)5-6-22/h4,7-10,16H,5-6,11-12H2,1-3H3,(H,25,26)/t16-/m1/s1. The third-order valence-electron chi connectivity index (χ3n) is 6.37. The summed E-state index contributed by atoms with van der Waals surface area (Å²) in [7, 11) is 5.28. The molecule has 0 radical (unpaired) electrons. The molecular weight excluding hydrogens is 424 g/mol. The summed E-state index contributed by atoms with van der Waals surface area (Å²) < 4.78 is 20.8. The number of rotatable bonds is 6. The summed E-state index contributed by atoms with van der Waals surface area (Å²) in [6.07, 6.45) is 5.77. The zero-order valence-corrected chi connectivity index (χ0v) is 18.6. The van der Waals surface area contributed by atoms with Crippen molar-refractivity contribution in [1.29, 1.82) is 0 Å². The van der Waals surface area contributed by atoms with Crippen LogP contribution in [0.15, 0.2) is 30.6 Å². The van der Waals surface area contributed by atoms with Crippen LogP contribution in [-0.2, 0) is 18.8 Å². The van der Waals surface area contributed by atoms with Crippen LogP contribution in [-0.4, -0.2) is 60.9 Å². The minimum Gasteiger partial charge on any atom is -0.486 e. The summed E-state index contributed by atoms with van der Waals surface area (Å²) in [5, 5.41) is 13.1. The second-order valence-corrected chi connectivity index (χ2v) is 8.58. The Labute approximate surface area is 189 Å². The number of pyridine rings is 1. The van der Waals surface area contributed by atoms with Crippen molar-refractivity contribution in [2.24, 2.45) is 19.5 Å². The number of fused-ring (bicyclic) bond motifs is 1. The Hall–Kier alpha value is -3.73. The molecule has 4 aromatic rings. The molecule has 1 aliphatic heterocycles. The lowest BCUT2D eigenvalue weighted by Crippen LogP contribution is -2.26. The molecule has 1 saturated heterocycles. The maximum Gasteiger partial charge on any atom is 0.216 e. The van der Waals surface area contributed by atoms with Gasteiger partial charge in [-0.3, -0.25) is 9.36 Å². The van der Waals surface area contributed by atoms with Gasteiger partial charge in [-0.2, -0.15) is 15.2 Å². The third kappa shape index (κ3) is 3.44. The molecule has 5 heterocycles. The van der Waals surface area contributed by atoms with Gasteiger partial charge in [0.05, 0.1) is 31.9 Å². The van der Waals surface area contributed by atoms with Crippen molar-refractivity contribution in [1.82, 2.24) is 34.5 Å². The highest BCUT2D eigenvalue weighted by Crippen LogP contribution is 2.53. The highest BCUT2D eigenvalue weighted by Gasteiger charge is 2.55. The van der Waals surface area contributed by atoms with Crippen molar-refractivity contribution in [2.45, 2.75) is 18.9 Å². The lowest BCUT2D eigenvalue weighted by Gasteiger charge is -2.19. The highest BCUT2D eigenvalue weighted by molar-refractivity contribution is 5.84. The number of hydrogen-bond donors (Lipinski definition) is 1. The van der Waals surface area contributed by atoms with Gasteiger partial charge in [0, 0.05) is 43.9 Å². The minimum absolute atomic E-state index is 0.0460. The van der Waals surface area contributed by atoms with Gasteiger partial charge in [-0.1, -0.05) is 0 Å². The van der Waals surface area contributed by atoms with Gasteiger partial charge in [0.1, 0.15) is 29.2 Å². The predicted octanol–water partition coefficient (Wildman–Crippen LogP) is 2.47. The smallest absolute Gasteiger partial charge is 0.216 e. The molecule has 11 heteroatoms. The second kappa shape index (κ2) is 7.41. The normalized spacial score (nSPS) is 18.7. The fraction of sp³-hybridized carbons (Fsp3) is 0.409. The number of methoxy groups -OCH3 is 1. The van der Waals surface area contributed by atoms with Gasteiger partial charge in [-0.25, -0.2) is 9.97 Å². The first-order valence-corrected chi connectivity index (χ1v) is 10.8. The van der Waals surface area contributed by atoms with E-state index in [0.717, 1.165) is 42.0 Å². The van der Waals surface area contributed by atoms with E-state index in [4.69, 9.17) is 19.2 Å². The molecule has 6 rings (SSSR count). The van der Waals surface area contributed by atoms with Crippen LogP contribution in [0.2, 0.25) is 0 Å². The van der Waals surface area contributed by atoms with E-state index in [1.165, 1.54) is 0 Å². The molecule has 0 amide bonds.